The van der Waals surface area contributed by atoms with E-state index in [2.05, 4.69) is 17.9 Å². The van der Waals surface area contributed by atoms with Gasteiger partial charge in [0, 0.05) is 17.7 Å². The fraction of sp³-hybridized carbons (Fsp3) is 0.433. The van der Waals surface area contributed by atoms with Crippen LogP contribution in [0.3, 0.4) is 0 Å². The standard InChI is InChI=1S/C30H37NO3/c1-2-3-4-6-9-23-10-11-25-22-26(32)14-17-28(25)29(23)30(33)24-12-15-27(16-13-24)34-21-20-31-18-7-5-8-19-31/h10-17,22,32H,2-9,18-21H2,1H3. The van der Waals surface area contributed by atoms with Gasteiger partial charge in [0.2, 0.25) is 0 Å². The van der Waals surface area contributed by atoms with Crippen LogP contribution < -0.4 is 4.74 Å². The van der Waals surface area contributed by atoms with Crippen LogP contribution >= 0.6 is 0 Å². The number of piperidine rings is 1. The van der Waals surface area contributed by atoms with Crippen LogP contribution in [0.2, 0.25) is 0 Å². The first-order valence-electron chi connectivity index (χ1n) is 12.9. The lowest BCUT2D eigenvalue weighted by Gasteiger charge is -2.26. The van der Waals surface area contributed by atoms with E-state index in [1.165, 1.54) is 51.6 Å². The van der Waals surface area contributed by atoms with E-state index in [1.807, 2.05) is 36.4 Å². The number of hydrogen-bond acceptors (Lipinski definition) is 4. The number of ketones is 1. The summed E-state index contributed by atoms with van der Waals surface area (Å²) >= 11 is 0. The van der Waals surface area contributed by atoms with Gasteiger partial charge in [-0.25, -0.2) is 0 Å². The molecule has 0 spiro atoms. The molecule has 0 radical (unpaired) electrons. The number of rotatable bonds is 11. The second kappa shape index (κ2) is 12.0. The molecule has 1 aliphatic rings. The molecule has 180 valence electrons. The van der Waals surface area contributed by atoms with Gasteiger partial charge in [0.1, 0.15) is 18.1 Å². The number of unbranched alkanes of at least 4 members (excludes halogenated alkanes) is 3. The third-order valence-electron chi connectivity index (χ3n) is 6.86. The smallest absolute Gasteiger partial charge is 0.193 e. The van der Waals surface area contributed by atoms with Crippen LogP contribution in [0.15, 0.2) is 54.6 Å². The number of aryl methyl sites for hydroxylation is 1. The molecule has 3 aromatic carbocycles. The minimum absolute atomic E-state index is 0.0293. The van der Waals surface area contributed by atoms with Crippen molar-refractivity contribution in [3.05, 3.63) is 71.3 Å². The predicted molar refractivity (Wildman–Crippen MR) is 139 cm³/mol. The molecule has 3 aromatic rings. The van der Waals surface area contributed by atoms with Crippen molar-refractivity contribution in [2.75, 3.05) is 26.2 Å². The molecular weight excluding hydrogens is 422 g/mol. The molecule has 1 saturated heterocycles. The van der Waals surface area contributed by atoms with Crippen molar-refractivity contribution >= 4 is 16.6 Å². The van der Waals surface area contributed by atoms with Gasteiger partial charge in [-0.1, -0.05) is 44.7 Å². The van der Waals surface area contributed by atoms with E-state index in [1.54, 1.807) is 12.1 Å². The van der Waals surface area contributed by atoms with Gasteiger partial charge < -0.3 is 9.84 Å². The maximum absolute atomic E-state index is 13.7. The van der Waals surface area contributed by atoms with E-state index >= 15 is 0 Å². The highest BCUT2D eigenvalue weighted by Gasteiger charge is 2.18. The molecule has 0 aromatic heterocycles. The second-order valence-corrected chi connectivity index (χ2v) is 9.42. The third kappa shape index (κ3) is 6.18. The van der Waals surface area contributed by atoms with Crippen LogP contribution in [0.4, 0.5) is 0 Å². The average Bonchev–Trinajstić information content (AvgIpc) is 2.87. The molecule has 0 amide bonds. The van der Waals surface area contributed by atoms with E-state index in [4.69, 9.17) is 4.74 Å². The normalized spacial score (nSPS) is 14.4. The molecule has 0 aliphatic carbocycles. The molecule has 4 heteroatoms. The van der Waals surface area contributed by atoms with Gasteiger partial charge in [-0.05, 0) is 97.6 Å². The van der Waals surface area contributed by atoms with Crippen LogP contribution in [-0.4, -0.2) is 42.0 Å². The number of phenols is 1. The summed E-state index contributed by atoms with van der Waals surface area (Å²) in [7, 11) is 0. The number of nitrogens with zero attached hydrogens (tertiary/aromatic N) is 1. The number of aromatic hydroxyl groups is 1. The topological polar surface area (TPSA) is 49.8 Å². The van der Waals surface area contributed by atoms with Gasteiger partial charge in [0.05, 0.1) is 0 Å². The Hall–Kier alpha value is -2.85. The van der Waals surface area contributed by atoms with Crippen molar-refractivity contribution in [2.45, 2.75) is 58.3 Å². The van der Waals surface area contributed by atoms with E-state index in [0.717, 1.165) is 47.0 Å². The van der Waals surface area contributed by atoms with Gasteiger partial charge in [0.25, 0.3) is 0 Å². The average molecular weight is 460 g/mol. The summed E-state index contributed by atoms with van der Waals surface area (Å²) in [5.41, 5.74) is 2.51. The number of likely N-dealkylation sites (tertiary alicyclic amines) is 1. The molecule has 1 heterocycles. The Kier molecular flexibility index (Phi) is 8.59. The fourth-order valence-electron chi connectivity index (χ4n) is 4.90. The molecule has 4 rings (SSSR count). The molecule has 0 atom stereocenters. The van der Waals surface area contributed by atoms with Crippen molar-refractivity contribution in [1.29, 1.82) is 0 Å². The number of carbonyl (C=O) groups excluding carboxylic acids is 1. The monoisotopic (exact) mass is 459 g/mol. The Morgan fingerprint density at radius 2 is 1.74 bits per heavy atom. The lowest BCUT2D eigenvalue weighted by atomic mass is 9.90. The van der Waals surface area contributed by atoms with E-state index in [9.17, 15) is 9.90 Å². The maximum Gasteiger partial charge on any atom is 0.193 e. The summed E-state index contributed by atoms with van der Waals surface area (Å²) in [6, 6.07) is 16.9. The highest BCUT2D eigenvalue weighted by Crippen LogP contribution is 2.29. The van der Waals surface area contributed by atoms with Crippen LogP contribution in [-0.2, 0) is 6.42 Å². The molecule has 4 nitrogen and oxygen atoms in total. The van der Waals surface area contributed by atoms with E-state index in [-0.39, 0.29) is 11.5 Å². The van der Waals surface area contributed by atoms with Gasteiger partial charge in [-0.15, -0.1) is 0 Å². The number of hydrogen-bond donors (Lipinski definition) is 1. The summed E-state index contributed by atoms with van der Waals surface area (Å²) in [6.45, 7) is 6.16. The van der Waals surface area contributed by atoms with Crippen molar-refractivity contribution in [2.24, 2.45) is 0 Å². The Balaban J connectivity index is 1.50. The first kappa shape index (κ1) is 24.3. The van der Waals surface area contributed by atoms with Crippen LogP contribution in [0.5, 0.6) is 11.5 Å². The Bertz CT molecular complexity index is 1080. The molecule has 1 aliphatic heterocycles. The van der Waals surface area contributed by atoms with Crippen molar-refractivity contribution in [3.63, 3.8) is 0 Å². The minimum atomic E-state index is 0.0293. The molecule has 0 bridgehead atoms. The van der Waals surface area contributed by atoms with Gasteiger partial charge in [-0.2, -0.15) is 0 Å². The van der Waals surface area contributed by atoms with Gasteiger partial charge in [0.15, 0.2) is 5.78 Å². The largest absolute Gasteiger partial charge is 0.508 e. The first-order valence-corrected chi connectivity index (χ1v) is 12.9. The number of phenolic OH excluding ortho intramolecular Hbond substituents is 1. The molecule has 34 heavy (non-hydrogen) atoms. The first-order chi connectivity index (χ1) is 16.7. The van der Waals surface area contributed by atoms with E-state index in [0.29, 0.717) is 12.2 Å². The molecular formula is C30H37NO3. The lowest BCUT2D eigenvalue weighted by molar-refractivity contribution is 0.103. The predicted octanol–water partition coefficient (Wildman–Crippen LogP) is 6.76. The van der Waals surface area contributed by atoms with Gasteiger partial charge in [-0.3, -0.25) is 9.69 Å². The number of fused-ring (bicyclic) bond motifs is 1. The zero-order valence-corrected chi connectivity index (χ0v) is 20.4. The summed E-state index contributed by atoms with van der Waals surface area (Å²) in [4.78, 5) is 16.1. The minimum Gasteiger partial charge on any atom is -0.508 e. The van der Waals surface area contributed by atoms with Crippen molar-refractivity contribution in [3.8, 4) is 11.5 Å². The Morgan fingerprint density at radius 1 is 0.941 bits per heavy atom. The zero-order chi connectivity index (χ0) is 23.8. The summed E-state index contributed by atoms with van der Waals surface area (Å²) in [6.07, 6.45) is 9.43. The third-order valence-corrected chi connectivity index (χ3v) is 6.86. The highest BCUT2D eigenvalue weighted by atomic mass is 16.5. The number of benzene rings is 3. The lowest BCUT2D eigenvalue weighted by Crippen LogP contribution is -2.33. The van der Waals surface area contributed by atoms with Crippen LogP contribution in [0, 0.1) is 0 Å². The van der Waals surface area contributed by atoms with Gasteiger partial charge >= 0.3 is 0 Å². The summed E-state index contributed by atoms with van der Waals surface area (Å²) in [5.74, 6) is 1.05. The number of ether oxygens (including phenoxy) is 1. The SMILES string of the molecule is CCCCCCc1ccc2cc(O)ccc2c1C(=O)c1ccc(OCCN2CCCCC2)cc1. The number of carbonyl (C=O) groups is 1. The Morgan fingerprint density at radius 3 is 2.50 bits per heavy atom. The van der Waals surface area contributed by atoms with E-state index < -0.39 is 0 Å². The highest BCUT2D eigenvalue weighted by molar-refractivity contribution is 6.17. The summed E-state index contributed by atoms with van der Waals surface area (Å²) in [5, 5.41) is 11.7. The molecule has 0 unspecified atom stereocenters. The second-order valence-electron chi connectivity index (χ2n) is 9.42. The molecule has 1 fully saturated rings. The molecule has 1 N–H and O–H groups in total. The summed E-state index contributed by atoms with van der Waals surface area (Å²) < 4.78 is 5.95. The quantitative estimate of drug-likeness (QED) is 0.254. The van der Waals surface area contributed by atoms with Crippen molar-refractivity contribution in [1.82, 2.24) is 4.90 Å². The van der Waals surface area contributed by atoms with Crippen LogP contribution in [0.1, 0.15) is 73.4 Å². The van der Waals surface area contributed by atoms with Crippen molar-refractivity contribution < 1.29 is 14.6 Å². The Labute approximate surface area is 203 Å². The molecule has 0 saturated carbocycles. The fourth-order valence-corrected chi connectivity index (χ4v) is 4.90. The maximum atomic E-state index is 13.7. The zero-order valence-electron chi connectivity index (χ0n) is 20.4. The van der Waals surface area contributed by atoms with Crippen LogP contribution in [0.25, 0.3) is 10.8 Å².